The molecule has 1 aromatic heterocycles. The molecule has 4 N–H and O–H groups in total. The van der Waals surface area contributed by atoms with Gasteiger partial charge in [0, 0.05) is 18.8 Å². The summed E-state index contributed by atoms with van der Waals surface area (Å²) in [7, 11) is 0. The number of nitrogens with zero attached hydrogens (tertiary/aromatic N) is 2. The molecule has 0 saturated heterocycles. The van der Waals surface area contributed by atoms with Crippen LogP contribution < -0.4 is 27.2 Å². The Morgan fingerprint density at radius 2 is 1.90 bits per heavy atom. The van der Waals surface area contributed by atoms with Crippen molar-refractivity contribution in [2.75, 3.05) is 29.0 Å². The molecule has 2 aromatic rings. The summed E-state index contributed by atoms with van der Waals surface area (Å²) in [6, 6.07) is 4.42. The Hall–Kier alpha value is -3.10. The third kappa shape index (κ3) is 5.71. The molecule has 1 aromatic carbocycles. The van der Waals surface area contributed by atoms with Crippen LogP contribution in [0.25, 0.3) is 0 Å². The minimum Gasteiger partial charge on any atom is -0.383 e. The van der Waals surface area contributed by atoms with Crippen LogP contribution in [-0.4, -0.2) is 28.5 Å². The molecule has 0 spiro atoms. The van der Waals surface area contributed by atoms with E-state index in [1.54, 1.807) is 24.0 Å². The lowest BCUT2D eigenvalue weighted by Gasteiger charge is -2.27. The quantitative estimate of drug-likeness (QED) is 0.608. The van der Waals surface area contributed by atoms with Crippen molar-refractivity contribution in [3.63, 3.8) is 0 Å². The number of aromatic nitrogens is 2. The first-order valence-corrected chi connectivity index (χ1v) is 9.93. The zero-order valence-electron chi connectivity index (χ0n) is 18.1. The summed E-state index contributed by atoms with van der Waals surface area (Å²) >= 11 is 0. The lowest BCUT2D eigenvalue weighted by atomic mass is 10.2. The van der Waals surface area contributed by atoms with E-state index in [2.05, 4.69) is 10.3 Å². The lowest BCUT2D eigenvalue weighted by Crippen LogP contribution is -2.43. The fraction of sp³-hybridized carbons (Fsp3) is 0.476. The second kappa shape index (κ2) is 9.60. The molecular weight excluding hydrogens is 389 g/mol. The number of benzene rings is 1. The smallest absolute Gasteiger partial charge is 0.330 e. The maximum atomic E-state index is 13.8. The molecule has 0 atom stereocenters. The molecule has 30 heavy (non-hydrogen) atoms. The van der Waals surface area contributed by atoms with Gasteiger partial charge in [0.25, 0.3) is 5.56 Å². The van der Waals surface area contributed by atoms with Gasteiger partial charge in [-0.1, -0.05) is 33.8 Å². The van der Waals surface area contributed by atoms with Gasteiger partial charge >= 0.3 is 5.69 Å². The molecule has 0 aliphatic carbocycles. The van der Waals surface area contributed by atoms with Crippen LogP contribution in [0.5, 0.6) is 0 Å². The second-order valence-electron chi connectivity index (χ2n) is 8.28. The summed E-state index contributed by atoms with van der Waals surface area (Å²) < 4.78 is 15.1. The standard InChI is InChI=1S/C21H30FN5O3/c1-12(2)9-26(11-17(28)24-15-7-6-14(5)16(22)8-15)18-19(23)27(10-13(3)4)21(30)25-20(18)29/h6-8,12-13H,9-11,23H2,1-5H3,(H,24,28)(H,25,29,30). The first kappa shape index (κ1) is 23.2. The molecule has 0 fully saturated rings. The van der Waals surface area contributed by atoms with Gasteiger partial charge in [-0.25, -0.2) is 9.18 Å². The Kier molecular flexibility index (Phi) is 7.42. The van der Waals surface area contributed by atoms with E-state index < -0.39 is 23.0 Å². The van der Waals surface area contributed by atoms with Crippen LogP contribution in [0.4, 0.5) is 21.6 Å². The number of hydrogen-bond donors (Lipinski definition) is 3. The minimum atomic E-state index is -0.646. The summed E-state index contributed by atoms with van der Waals surface area (Å²) in [4.78, 5) is 41.3. The first-order chi connectivity index (χ1) is 14.0. The summed E-state index contributed by atoms with van der Waals surface area (Å²) in [6.45, 7) is 9.88. The van der Waals surface area contributed by atoms with E-state index in [4.69, 9.17) is 5.73 Å². The van der Waals surface area contributed by atoms with Crippen LogP contribution in [-0.2, 0) is 11.3 Å². The molecule has 9 heteroatoms. The number of aryl methyl sites for hydroxylation is 1. The summed E-state index contributed by atoms with van der Waals surface area (Å²) in [5, 5.41) is 2.64. The van der Waals surface area contributed by atoms with Gasteiger partial charge in [0.2, 0.25) is 5.91 Å². The predicted octanol–water partition coefficient (Wildman–Crippen LogP) is 2.32. The molecule has 8 nitrogen and oxygen atoms in total. The van der Waals surface area contributed by atoms with Gasteiger partial charge in [-0.05, 0) is 36.5 Å². The number of halogens is 1. The third-order valence-electron chi connectivity index (χ3n) is 4.45. The van der Waals surface area contributed by atoms with E-state index >= 15 is 0 Å². The normalized spacial score (nSPS) is 11.2. The maximum Gasteiger partial charge on any atom is 0.330 e. The lowest BCUT2D eigenvalue weighted by molar-refractivity contribution is -0.115. The monoisotopic (exact) mass is 419 g/mol. The Bertz CT molecular complexity index is 1030. The molecule has 1 heterocycles. The fourth-order valence-corrected chi connectivity index (χ4v) is 3.15. The van der Waals surface area contributed by atoms with E-state index in [9.17, 15) is 18.8 Å². The maximum absolute atomic E-state index is 13.8. The number of nitrogens with two attached hydrogens (primary N) is 1. The summed E-state index contributed by atoms with van der Waals surface area (Å²) in [6.07, 6.45) is 0. The number of anilines is 3. The van der Waals surface area contributed by atoms with Gasteiger partial charge in [0.1, 0.15) is 17.3 Å². The van der Waals surface area contributed by atoms with Crippen LogP contribution in [0.15, 0.2) is 27.8 Å². The Balaban J connectivity index is 2.37. The molecule has 0 radical (unpaired) electrons. The van der Waals surface area contributed by atoms with Crippen molar-refractivity contribution in [1.29, 1.82) is 0 Å². The van der Waals surface area contributed by atoms with Gasteiger partial charge in [-0.3, -0.25) is 19.1 Å². The van der Waals surface area contributed by atoms with Gasteiger partial charge in [-0.15, -0.1) is 0 Å². The van der Waals surface area contributed by atoms with Crippen LogP contribution in [0.1, 0.15) is 33.3 Å². The van der Waals surface area contributed by atoms with Crippen LogP contribution >= 0.6 is 0 Å². The second-order valence-corrected chi connectivity index (χ2v) is 8.28. The SMILES string of the molecule is Cc1ccc(NC(=O)CN(CC(C)C)c2c(N)n(CC(C)C)c(=O)[nH]c2=O)cc1F. The zero-order chi connectivity index (χ0) is 22.6. The number of rotatable bonds is 8. The van der Waals surface area contributed by atoms with E-state index in [-0.39, 0.29) is 29.9 Å². The van der Waals surface area contributed by atoms with Crippen molar-refractivity contribution in [2.45, 2.75) is 41.2 Å². The van der Waals surface area contributed by atoms with Crippen molar-refractivity contribution >= 4 is 23.1 Å². The predicted molar refractivity (Wildman–Crippen MR) is 117 cm³/mol. The van der Waals surface area contributed by atoms with Crippen molar-refractivity contribution in [2.24, 2.45) is 11.8 Å². The number of amides is 1. The molecule has 0 aliphatic heterocycles. The number of H-pyrrole nitrogens is 1. The van der Waals surface area contributed by atoms with Crippen molar-refractivity contribution in [3.8, 4) is 0 Å². The Morgan fingerprint density at radius 3 is 2.47 bits per heavy atom. The van der Waals surface area contributed by atoms with E-state index in [1.807, 2.05) is 27.7 Å². The molecule has 164 valence electrons. The van der Waals surface area contributed by atoms with Crippen LogP contribution in [0, 0.1) is 24.6 Å². The fourth-order valence-electron chi connectivity index (χ4n) is 3.15. The van der Waals surface area contributed by atoms with E-state index in [0.29, 0.717) is 24.3 Å². The number of aromatic amines is 1. The van der Waals surface area contributed by atoms with Gasteiger partial charge in [0.15, 0.2) is 0 Å². The van der Waals surface area contributed by atoms with Gasteiger partial charge < -0.3 is 16.0 Å². The highest BCUT2D eigenvalue weighted by Crippen LogP contribution is 2.19. The van der Waals surface area contributed by atoms with E-state index in [1.165, 1.54) is 10.6 Å². The third-order valence-corrected chi connectivity index (χ3v) is 4.45. The zero-order valence-corrected chi connectivity index (χ0v) is 18.1. The molecule has 0 bridgehead atoms. The van der Waals surface area contributed by atoms with Crippen LogP contribution in [0.2, 0.25) is 0 Å². The molecule has 0 saturated carbocycles. The average molecular weight is 420 g/mol. The largest absolute Gasteiger partial charge is 0.383 e. The Labute approximate surface area is 174 Å². The molecule has 2 rings (SSSR count). The van der Waals surface area contributed by atoms with Crippen LogP contribution in [0.3, 0.4) is 0 Å². The van der Waals surface area contributed by atoms with Crippen molar-refractivity contribution in [1.82, 2.24) is 9.55 Å². The topological polar surface area (TPSA) is 113 Å². The molecule has 0 aliphatic rings. The highest BCUT2D eigenvalue weighted by Gasteiger charge is 2.22. The highest BCUT2D eigenvalue weighted by molar-refractivity contribution is 5.94. The molecule has 1 amide bonds. The molecule has 0 unspecified atom stereocenters. The minimum absolute atomic E-state index is 0.0206. The van der Waals surface area contributed by atoms with Crippen molar-refractivity contribution < 1.29 is 9.18 Å². The van der Waals surface area contributed by atoms with Gasteiger partial charge in [0.05, 0.1) is 6.54 Å². The number of hydrogen-bond acceptors (Lipinski definition) is 5. The Morgan fingerprint density at radius 1 is 1.23 bits per heavy atom. The number of carbonyl (C=O) groups excluding carboxylic acids is 1. The number of nitrogens with one attached hydrogen (secondary N) is 2. The number of carbonyl (C=O) groups is 1. The van der Waals surface area contributed by atoms with E-state index in [0.717, 1.165) is 0 Å². The molecular formula is C21H30FN5O3. The highest BCUT2D eigenvalue weighted by atomic mass is 19.1. The average Bonchev–Trinajstić information content (AvgIpc) is 2.60. The number of nitrogen functional groups attached to an aromatic ring is 1. The van der Waals surface area contributed by atoms with Crippen molar-refractivity contribution in [3.05, 3.63) is 50.4 Å². The summed E-state index contributed by atoms with van der Waals surface area (Å²) in [5.74, 6) is -0.596. The van der Waals surface area contributed by atoms with Gasteiger partial charge in [-0.2, -0.15) is 0 Å². The first-order valence-electron chi connectivity index (χ1n) is 9.93. The summed E-state index contributed by atoms with van der Waals surface area (Å²) in [5.41, 5.74) is 5.83.